The van der Waals surface area contributed by atoms with Crippen LogP contribution in [-0.4, -0.2) is 39.7 Å². The van der Waals surface area contributed by atoms with Gasteiger partial charge < -0.3 is 20.3 Å². The largest absolute Gasteiger partial charge is 0.399 e. The number of nitrogens with zero attached hydrogens (tertiary/aromatic N) is 3. The number of hydrogen-bond donors (Lipinski definition) is 2. The number of likely N-dealkylation sites (tertiary alicyclic amines) is 1. The summed E-state index contributed by atoms with van der Waals surface area (Å²) >= 11 is 0. The maximum atomic E-state index is 10.1. The quantitative estimate of drug-likeness (QED) is 0.831. The van der Waals surface area contributed by atoms with E-state index >= 15 is 0 Å². The summed E-state index contributed by atoms with van der Waals surface area (Å²) < 4.78 is 2.23. The Morgan fingerprint density at radius 3 is 2.86 bits per heavy atom. The average Bonchev–Trinajstić information content (AvgIpc) is 2.77. The zero-order valence-electron chi connectivity index (χ0n) is 13.0. The van der Waals surface area contributed by atoms with Crippen molar-refractivity contribution >= 4 is 16.7 Å². The van der Waals surface area contributed by atoms with Gasteiger partial charge in [-0.25, -0.2) is 4.98 Å². The average molecular weight is 288 g/mol. The van der Waals surface area contributed by atoms with Crippen LogP contribution < -0.4 is 5.73 Å². The van der Waals surface area contributed by atoms with Gasteiger partial charge in [0.25, 0.3) is 0 Å². The molecule has 3 atom stereocenters. The fourth-order valence-corrected chi connectivity index (χ4v) is 3.50. The number of piperidine rings is 1. The molecule has 3 rings (SSSR count). The smallest absolute Gasteiger partial charge is 0.138 e. The van der Waals surface area contributed by atoms with Crippen LogP contribution in [0.5, 0.6) is 0 Å². The highest BCUT2D eigenvalue weighted by atomic mass is 16.3. The molecule has 0 aliphatic carbocycles. The Labute approximate surface area is 125 Å². The first-order valence-corrected chi connectivity index (χ1v) is 7.61. The van der Waals surface area contributed by atoms with Crippen molar-refractivity contribution in [3.8, 4) is 0 Å². The van der Waals surface area contributed by atoms with Crippen molar-refractivity contribution in [2.45, 2.75) is 32.4 Å². The van der Waals surface area contributed by atoms with Gasteiger partial charge in [-0.1, -0.05) is 6.92 Å². The molecule has 2 heterocycles. The Morgan fingerprint density at radius 1 is 1.43 bits per heavy atom. The van der Waals surface area contributed by atoms with Crippen LogP contribution in [-0.2, 0) is 0 Å². The van der Waals surface area contributed by atoms with Crippen molar-refractivity contribution in [2.75, 3.05) is 25.9 Å². The van der Waals surface area contributed by atoms with Crippen LogP contribution in [0.4, 0.5) is 5.69 Å². The second-order valence-electron chi connectivity index (χ2n) is 6.36. The van der Waals surface area contributed by atoms with Crippen molar-refractivity contribution in [2.24, 2.45) is 5.92 Å². The van der Waals surface area contributed by atoms with E-state index in [9.17, 15) is 5.11 Å². The van der Waals surface area contributed by atoms with E-state index in [4.69, 9.17) is 5.73 Å². The molecule has 5 heteroatoms. The first-order valence-electron chi connectivity index (χ1n) is 7.61. The molecule has 2 aromatic rings. The van der Waals surface area contributed by atoms with Crippen LogP contribution in [0.1, 0.15) is 38.2 Å². The van der Waals surface area contributed by atoms with Crippen LogP contribution in [0.15, 0.2) is 18.2 Å². The number of aliphatic hydroxyl groups excluding tert-OH is 1. The van der Waals surface area contributed by atoms with E-state index in [1.165, 1.54) is 0 Å². The summed E-state index contributed by atoms with van der Waals surface area (Å²) in [5.74, 6) is 1.27. The summed E-state index contributed by atoms with van der Waals surface area (Å²) in [6, 6.07) is 6.19. The highest BCUT2D eigenvalue weighted by Gasteiger charge is 2.29. The summed E-state index contributed by atoms with van der Waals surface area (Å²) in [5.41, 5.74) is 8.52. The molecule has 0 saturated carbocycles. The Balaban J connectivity index is 2.13. The minimum atomic E-state index is -0.578. The number of aliphatic hydroxyl groups is 1. The molecule has 1 aromatic heterocycles. The van der Waals surface area contributed by atoms with E-state index in [1.54, 1.807) is 6.92 Å². The van der Waals surface area contributed by atoms with E-state index in [0.29, 0.717) is 17.6 Å². The minimum absolute atomic E-state index is 0.374. The predicted molar refractivity (Wildman–Crippen MR) is 85.1 cm³/mol. The predicted octanol–water partition coefficient (Wildman–Crippen LogP) is 2.18. The van der Waals surface area contributed by atoms with Gasteiger partial charge in [0.05, 0.1) is 11.0 Å². The van der Waals surface area contributed by atoms with Gasteiger partial charge >= 0.3 is 0 Å². The molecule has 0 spiro atoms. The lowest BCUT2D eigenvalue weighted by Crippen LogP contribution is -2.38. The lowest BCUT2D eigenvalue weighted by atomic mass is 9.93. The third kappa shape index (κ3) is 2.51. The standard InChI is InChI=1S/C16H24N4O/c1-10-9-19(3)7-6-14(10)20-15-5-4-12(17)8-13(15)18-16(20)11(2)21/h4-5,8,10-11,14,21H,6-7,9,17H2,1-3H3. The van der Waals surface area contributed by atoms with Gasteiger partial charge in [-0.2, -0.15) is 0 Å². The van der Waals surface area contributed by atoms with Crippen molar-refractivity contribution in [1.29, 1.82) is 0 Å². The second-order valence-corrected chi connectivity index (χ2v) is 6.36. The summed E-state index contributed by atoms with van der Waals surface area (Å²) in [6.07, 6.45) is 0.498. The molecule has 1 aliphatic rings. The van der Waals surface area contributed by atoms with Crippen LogP contribution >= 0.6 is 0 Å². The molecule has 0 bridgehead atoms. The summed E-state index contributed by atoms with van der Waals surface area (Å²) in [5, 5.41) is 10.1. The number of benzene rings is 1. The van der Waals surface area contributed by atoms with Gasteiger partial charge in [0, 0.05) is 18.3 Å². The first kappa shape index (κ1) is 14.4. The van der Waals surface area contributed by atoms with E-state index < -0.39 is 6.10 Å². The summed E-state index contributed by atoms with van der Waals surface area (Å²) in [4.78, 5) is 6.98. The van der Waals surface area contributed by atoms with Gasteiger partial charge in [-0.15, -0.1) is 0 Å². The lowest BCUT2D eigenvalue weighted by Gasteiger charge is -2.36. The Hall–Kier alpha value is -1.59. The number of imidazole rings is 1. The van der Waals surface area contributed by atoms with E-state index in [1.807, 2.05) is 18.2 Å². The fourth-order valence-electron chi connectivity index (χ4n) is 3.50. The molecule has 3 unspecified atom stereocenters. The van der Waals surface area contributed by atoms with Gasteiger partial charge in [0.15, 0.2) is 0 Å². The molecular weight excluding hydrogens is 264 g/mol. The number of anilines is 1. The van der Waals surface area contributed by atoms with Gasteiger partial charge in [-0.05, 0) is 51.1 Å². The molecule has 0 amide bonds. The number of fused-ring (bicyclic) bond motifs is 1. The highest BCUT2D eigenvalue weighted by molar-refractivity contribution is 5.80. The molecule has 1 fully saturated rings. The normalized spacial score (nSPS) is 25.3. The SMILES string of the molecule is CC(O)c1nc2cc(N)ccc2n1C1CCN(C)CC1C. The van der Waals surface area contributed by atoms with E-state index in [-0.39, 0.29) is 0 Å². The molecule has 1 aromatic carbocycles. The third-order valence-corrected chi connectivity index (χ3v) is 4.51. The Morgan fingerprint density at radius 2 is 2.19 bits per heavy atom. The maximum absolute atomic E-state index is 10.1. The minimum Gasteiger partial charge on any atom is -0.399 e. The van der Waals surface area contributed by atoms with Gasteiger partial charge in [0.1, 0.15) is 11.9 Å². The van der Waals surface area contributed by atoms with Gasteiger partial charge in [-0.3, -0.25) is 0 Å². The zero-order chi connectivity index (χ0) is 15.1. The summed E-state index contributed by atoms with van der Waals surface area (Å²) in [7, 11) is 2.16. The van der Waals surface area contributed by atoms with Crippen LogP contribution in [0.25, 0.3) is 11.0 Å². The molecular formula is C16H24N4O. The number of nitrogen functional groups attached to an aromatic ring is 1. The van der Waals surface area contributed by atoms with Gasteiger partial charge in [0.2, 0.25) is 0 Å². The molecule has 21 heavy (non-hydrogen) atoms. The van der Waals surface area contributed by atoms with Crippen molar-refractivity contribution in [3.05, 3.63) is 24.0 Å². The van der Waals surface area contributed by atoms with Crippen molar-refractivity contribution in [1.82, 2.24) is 14.5 Å². The summed E-state index contributed by atoms with van der Waals surface area (Å²) in [6.45, 7) is 6.19. The van der Waals surface area contributed by atoms with E-state index in [2.05, 4.69) is 28.4 Å². The second kappa shape index (κ2) is 5.31. The number of hydrogen-bond acceptors (Lipinski definition) is 4. The molecule has 3 N–H and O–H groups in total. The molecule has 1 saturated heterocycles. The van der Waals surface area contributed by atoms with Crippen LogP contribution in [0.2, 0.25) is 0 Å². The Kier molecular flexibility index (Phi) is 3.63. The number of nitrogens with two attached hydrogens (primary N) is 1. The van der Waals surface area contributed by atoms with Crippen LogP contribution in [0, 0.1) is 5.92 Å². The van der Waals surface area contributed by atoms with Crippen molar-refractivity contribution in [3.63, 3.8) is 0 Å². The molecule has 5 nitrogen and oxygen atoms in total. The topological polar surface area (TPSA) is 67.3 Å². The fraction of sp³-hybridized carbons (Fsp3) is 0.562. The molecule has 114 valence electrons. The highest BCUT2D eigenvalue weighted by Crippen LogP contribution is 2.34. The number of aromatic nitrogens is 2. The zero-order valence-corrected chi connectivity index (χ0v) is 13.0. The van der Waals surface area contributed by atoms with Crippen LogP contribution in [0.3, 0.4) is 0 Å². The first-order chi connectivity index (χ1) is 9.97. The lowest BCUT2D eigenvalue weighted by molar-refractivity contribution is 0.140. The Bertz CT molecular complexity index is 649. The van der Waals surface area contributed by atoms with Crippen molar-refractivity contribution < 1.29 is 5.11 Å². The van der Waals surface area contributed by atoms with E-state index in [0.717, 1.165) is 36.4 Å². The monoisotopic (exact) mass is 288 g/mol. The third-order valence-electron chi connectivity index (χ3n) is 4.51. The maximum Gasteiger partial charge on any atom is 0.138 e. The molecule has 0 radical (unpaired) electrons. The number of rotatable bonds is 2. The molecule has 1 aliphatic heterocycles.